The molecule has 0 aliphatic carbocycles. The van der Waals surface area contributed by atoms with Crippen molar-refractivity contribution in [3.05, 3.63) is 39.7 Å². The van der Waals surface area contributed by atoms with Crippen LogP contribution in [0.4, 0.5) is 4.79 Å². The fourth-order valence-corrected chi connectivity index (χ4v) is 4.08. The van der Waals surface area contributed by atoms with Gasteiger partial charge in [0, 0.05) is 36.6 Å². The van der Waals surface area contributed by atoms with E-state index in [-0.39, 0.29) is 12.0 Å². The summed E-state index contributed by atoms with van der Waals surface area (Å²) >= 11 is 1.57. The molecule has 0 N–H and O–H groups in total. The summed E-state index contributed by atoms with van der Waals surface area (Å²) in [4.78, 5) is 33.7. The predicted molar refractivity (Wildman–Crippen MR) is 106 cm³/mol. The third-order valence-corrected chi connectivity index (χ3v) is 5.57. The van der Waals surface area contributed by atoms with Gasteiger partial charge in [0.15, 0.2) is 0 Å². The van der Waals surface area contributed by atoms with E-state index in [1.54, 1.807) is 23.2 Å². The molecule has 27 heavy (non-hydrogen) atoms. The molecule has 144 valence electrons. The van der Waals surface area contributed by atoms with Crippen molar-refractivity contribution >= 4 is 23.3 Å². The summed E-state index contributed by atoms with van der Waals surface area (Å²) in [5.41, 5.74) is 3.14. The Labute approximate surface area is 163 Å². The van der Waals surface area contributed by atoms with E-state index in [2.05, 4.69) is 36.2 Å². The number of nitrogens with zero attached hydrogens (tertiary/aromatic N) is 3. The largest absolute Gasteiger partial charge is 0.450 e. The Morgan fingerprint density at radius 3 is 2.33 bits per heavy atom. The van der Waals surface area contributed by atoms with Crippen LogP contribution in [0.1, 0.15) is 22.4 Å². The van der Waals surface area contributed by atoms with Gasteiger partial charge in [-0.1, -0.05) is 29.8 Å². The summed E-state index contributed by atoms with van der Waals surface area (Å²) in [6.45, 7) is 8.27. The molecule has 7 heteroatoms. The topological polar surface area (TPSA) is 62.7 Å². The minimum Gasteiger partial charge on any atom is -0.450 e. The molecular weight excluding hydrogens is 362 g/mol. The molecule has 0 atom stereocenters. The van der Waals surface area contributed by atoms with Crippen molar-refractivity contribution in [1.29, 1.82) is 0 Å². The van der Waals surface area contributed by atoms with Gasteiger partial charge in [0.1, 0.15) is 0 Å². The molecule has 2 aromatic rings. The molecule has 1 aliphatic heterocycles. The Morgan fingerprint density at radius 2 is 1.70 bits per heavy atom. The highest BCUT2D eigenvalue weighted by atomic mass is 32.1. The van der Waals surface area contributed by atoms with Crippen molar-refractivity contribution in [3.63, 3.8) is 0 Å². The van der Waals surface area contributed by atoms with E-state index < -0.39 is 0 Å². The maximum atomic E-state index is 12.8. The van der Waals surface area contributed by atoms with Crippen LogP contribution in [-0.4, -0.2) is 59.6 Å². The summed E-state index contributed by atoms with van der Waals surface area (Å²) in [5, 5.41) is 0.959. The summed E-state index contributed by atoms with van der Waals surface area (Å²) in [5.74, 6) is 0.0792. The number of amides is 2. The highest BCUT2D eigenvalue weighted by Gasteiger charge is 2.26. The summed E-state index contributed by atoms with van der Waals surface area (Å²) in [6.07, 6.45) is 0.0399. The van der Waals surface area contributed by atoms with Gasteiger partial charge in [-0.05, 0) is 20.8 Å². The zero-order valence-electron chi connectivity index (χ0n) is 16.0. The molecule has 2 amide bonds. The zero-order valence-corrected chi connectivity index (χ0v) is 16.8. The van der Waals surface area contributed by atoms with Crippen LogP contribution < -0.4 is 0 Å². The Bertz CT molecular complexity index is 808. The Morgan fingerprint density at radius 1 is 1.07 bits per heavy atom. The summed E-state index contributed by atoms with van der Waals surface area (Å²) < 4.78 is 5.03. The Kier molecular flexibility index (Phi) is 6.11. The quantitative estimate of drug-likeness (QED) is 0.808. The zero-order chi connectivity index (χ0) is 19.4. The lowest BCUT2D eigenvalue weighted by atomic mass is 10.1. The molecule has 1 fully saturated rings. The molecule has 1 aliphatic rings. The number of aryl methyl sites for hydroxylation is 2. The number of rotatable bonds is 4. The lowest BCUT2D eigenvalue weighted by Gasteiger charge is -2.34. The minimum atomic E-state index is -0.302. The van der Waals surface area contributed by atoms with E-state index in [4.69, 9.17) is 4.74 Å². The smallest absolute Gasteiger partial charge is 0.409 e. The molecule has 3 rings (SSSR count). The van der Waals surface area contributed by atoms with Gasteiger partial charge < -0.3 is 14.5 Å². The number of hydrogen-bond donors (Lipinski definition) is 0. The molecule has 2 heterocycles. The number of ether oxygens (including phenoxy) is 1. The standard InChI is InChI=1S/C20H25N3O3S/c1-4-26-20(25)23-11-9-22(10-12-23)18(24)13-17-19(21-15(3)27-17)16-7-5-14(2)6-8-16/h5-8H,4,9-13H2,1-3H3. The minimum absolute atomic E-state index is 0.0792. The molecule has 0 bridgehead atoms. The first-order chi connectivity index (χ1) is 13.0. The predicted octanol–water partition coefficient (Wildman–Crippen LogP) is 3.27. The van der Waals surface area contributed by atoms with Crippen LogP contribution in [0.3, 0.4) is 0 Å². The summed E-state index contributed by atoms with van der Waals surface area (Å²) in [7, 11) is 0. The molecule has 0 spiro atoms. The van der Waals surface area contributed by atoms with E-state index >= 15 is 0 Å². The van der Waals surface area contributed by atoms with E-state index in [1.165, 1.54) is 5.56 Å². The van der Waals surface area contributed by atoms with Gasteiger partial charge in [0.05, 0.1) is 23.7 Å². The average molecular weight is 388 g/mol. The summed E-state index contributed by atoms with van der Waals surface area (Å²) in [6, 6.07) is 8.22. The van der Waals surface area contributed by atoms with Crippen molar-refractivity contribution < 1.29 is 14.3 Å². The second-order valence-electron chi connectivity index (χ2n) is 6.61. The first kappa shape index (κ1) is 19.4. The van der Waals surface area contributed by atoms with Crippen LogP contribution in [0, 0.1) is 13.8 Å². The molecule has 0 radical (unpaired) electrons. The molecular formula is C20H25N3O3S. The third-order valence-electron chi connectivity index (χ3n) is 4.60. The van der Waals surface area contributed by atoms with Crippen LogP contribution in [0.5, 0.6) is 0 Å². The van der Waals surface area contributed by atoms with Crippen molar-refractivity contribution in [2.75, 3.05) is 32.8 Å². The van der Waals surface area contributed by atoms with Crippen molar-refractivity contribution in [2.45, 2.75) is 27.2 Å². The molecule has 0 saturated carbocycles. The highest BCUT2D eigenvalue weighted by Crippen LogP contribution is 2.29. The molecule has 1 saturated heterocycles. The first-order valence-electron chi connectivity index (χ1n) is 9.20. The lowest BCUT2D eigenvalue weighted by molar-refractivity contribution is -0.132. The van der Waals surface area contributed by atoms with Gasteiger partial charge >= 0.3 is 6.09 Å². The van der Waals surface area contributed by atoms with Gasteiger partial charge in [-0.3, -0.25) is 4.79 Å². The van der Waals surface area contributed by atoms with E-state index in [0.29, 0.717) is 39.2 Å². The van der Waals surface area contributed by atoms with Crippen LogP contribution in [-0.2, 0) is 16.0 Å². The number of carbonyl (C=O) groups excluding carboxylic acids is 2. The molecule has 1 aromatic heterocycles. The SMILES string of the molecule is CCOC(=O)N1CCN(C(=O)Cc2sc(C)nc2-c2ccc(C)cc2)CC1. The number of hydrogen-bond acceptors (Lipinski definition) is 5. The number of carbonyl (C=O) groups is 2. The van der Waals surface area contributed by atoms with Crippen molar-refractivity contribution in [3.8, 4) is 11.3 Å². The average Bonchev–Trinajstić information content (AvgIpc) is 3.02. The van der Waals surface area contributed by atoms with E-state index in [9.17, 15) is 9.59 Å². The second kappa shape index (κ2) is 8.52. The van der Waals surface area contributed by atoms with E-state index in [1.807, 2.05) is 11.8 Å². The van der Waals surface area contributed by atoms with Crippen molar-refractivity contribution in [1.82, 2.24) is 14.8 Å². The van der Waals surface area contributed by atoms with Gasteiger partial charge in [0.25, 0.3) is 0 Å². The number of piperazine rings is 1. The maximum Gasteiger partial charge on any atom is 0.409 e. The second-order valence-corrected chi connectivity index (χ2v) is 7.90. The Hall–Kier alpha value is -2.41. The number of thiazole rings is 1. The fourth-order valence-electron chi connectivity index (χ4n) is 3.13. The number of aromatic nitrogens is 1. The number of benzene rings is 1. The molecule has 0 unspecified atom stereocenters. The highest BCUT2D eigenvalue weighted by molar-refractivity contribution is 7.12. The lowest BCUT2D eigenvalue weighted by Crippen LogP contribution is -2.51. The van der Waals surface area contributed by atoms with Gasteiger partial charge in [-0.25, -0.2) is 9.78 Å². The van der Waals surface area contributed by atoms with Crippen LogP contribution >= 0.6 is 11.3 Å². The molecule has 1 aromatic carbocycles. The van der Waals surface area contributed by atoms with E-state index in [0.717, 1.165) is 21.1 Å². The maximum absolute atomic E-state index is 12.8. The normalized spacial score (nSPS) is 14.3. The third kappa shape index (κ3) is 4.66. The van der Waals surface area contributed by atoms with Crippen LogP contribution in [0.2, 0.25) is 0 Å². The van der Waals surface area contributed by atoms with Crippen LogP contribution in [0.25, 0.3) is 11.3 Å². The van der Waals surface area contributed by atoms with Crippen molar-refractivity contribution in [2.24, 2.45) is 0 Å². The molecule has 6 nitrogen and oxygen atoms in total. The van der Waals surface area contributed by atoms with Gasteiger partial charge in [0.2, 0.25) is 5.91 Å². The van der Waals surface area contributed by atoms with Gasteiger partial charge in [-0.15, -0.1) is 11.3 Å². The van der Waals surface area contributed by atoms with Gasteiger partial charge in [-0.2, -0.15) is 0 Å². The fraction of sp³-hybridized carbons (Fsp3) is 0.450. The Balaban J connectivity index is 1.65. The first-order valence-corrected chi connectivity index (χ1v) is 10.0. The monoisotopic (exact) mass is 387 g/mol. The van der Waals surface area contributed by atoms with Crippen LogP contribution in [0.15, 0.2) is 24.3 Å².